The largest absolute Gasteiger partial charge is 0.416 e. The molecule has 0 radical (unpaired) electrons. The molecule has 1 fully saturated rings. The maximum Gasteiger partial charge on any atom is 0.416 e. The molecule has 1 N–H and O–H groups in total. The zero-order chi connectivity index (χ0) is 13.4. The second-order valence-electron chi connectivity index (χ2n) is 4.85. The monoisotopic (exact) mass is 279 g/mol. The van der Waals surface area contributed by atoms with E-state index in [0.29, 0.717) is 25.4 Å². The molecule has 0 bridgehead atoms. The second-order valence-corrected chi connectivity index (χ2v) is 5.26. The summed E-state index contributed by atoms with van der Waals surface area (Å²) < 4.78 is 42.8. The lowest BCUT2D eigenvalue weighted by Crippen LogP contribution is -2.45. The Morgan fingerprint density at radius 2 is 2.06 bits per heavy atom. The zero-order valence-corrected chi connectivity index (χ0v) is 10.5. The minimum Gasteiger partial charge on any atom is -0.383 e. The van der Waals surface area contributed by atoms with E-state index < -0.39 is 11.7 Å². The highest BCUT2D eigenvalue weighted by Crippen LogP contribution is 2.35. The fourth-order valence-corrected chi connectivity index (χ4v) is 1.88. The predicted molar refractivity (Wildman–Crippen MR) is 63.9 cm³/mol. The Bertz CT molecular complexity index is 443. The number of alkyl halides is 3. The van der Waals surface area contributed by atoms with Gasteiger partial charge in [0.25, 0.3) is 0 Å². The van der Waals surface area contributed by atoms with E-state index in [1.54, 1.807) is 0 Å². The average Bonchev–Trinajstić information content (AvgIpc) is 2.24. The first-order valence-electron chi connectivity index (χ1n) is 5.49. The molecule has 1 aromatic carbocycles. The van der Waals surface area contributed by atoms with Gasteiger partial charge < -0.3 is 10.1 Å². The molecule has 0 atom stereocenters. The number of anilines is 1. The Balaban J connectivity index is 2.11. The van der Waals surface area contributed by atoms with Crippen LogP contribution in [0.25, 0.3) is 0 Å². The Hall–Kier alpha value is -0.940. The van der Waals surface area contributed by atoms with Crippen molar-refractivity contribution in [1.29, 1.82) is 0 Å². The Kier molecular flexibility index (Phi) is 3.47. The Labute approximate surface area is 108 Å². The van der Waals surface area contributed by atoms with Gasteiger partial charge in [0.2, 0.25) is 0 Å². The summed E-state index contributed by atoms with van der Waals surface area (Å²) in [6, 6.07) is 3.26. The first-order chi connectivity index (χ1) is 8.30. The maximum atomic E-state index is 12.6. The summed E-state index contributed by atoms with van der Waals surface area (Å²) in [4.78, 5) is 0. The number of halogens is 4. The van der Waals surface area contributed by atoms with Crippen LogP contribution in [0, 0.1) is 5.41 Å². The van der Waals surface area contributed by atoms with Crippen LogP contribution in [0.5, 0.6) is 0 Å². The van der Waals surface area contributed by atoms with Gasteiger partial charge in [-0.3, -0.25) is 0 Å². The molecule has 2 rings (SSSR count). The maximum absolute atomic E-state index is 12.6. The van der Waals surface area contributed by atoms with Gasteiger partial charge in [0.05, 0.1) is 29.5 Å². The molecule has 0 aliphatic carbocycles. The molecule has 0 saturated carbocycles. The second kappa shape index (κ2) is 4.63. The molecule has 2 nitrogen and oxygen atoms in total. The summed E-state index contributed by atoms with van der Waals surface area (Å²) >= 11 is 5.88. The van der Waals surface area contributed by atoms with Gasteiger partial charge >= 0.3 is 6.18 Å². The molecule has 1 aliphatic rings. The topological polar surface area (TPSA) is 21.3 Å². The smallest absolute Gasteiger partial charge is 0.383 e. The van der Waals surface area contributed by atoms with E-state index in [1.807, 2.05) is 6.92 Å². The molecular weight excluding hydrogens is 267 g/mol. The first-order valence-corrected chi connectivity index (χ1v) is 5.86. The van der Waals surface area contributed by atoms with Crippen LogP contribution in [0.2, 0.25) is 5.02 Å². The van der Waals surface area contributed by atoms with E-state index in [0.717, 1.165) is 12.1 Å². The lowest BCUT2D eigenvalue weighted by Gasteiger charge is -2.38. The van der Waals surface area contributed by atoms with Crippen molar-refractivity contribution >= 4 is 17.3 Å². The fourth-order valence-electron chi connectivity index (χ4n) is 1.70. The van der Waals surface area contributed by atoms with Crippen molar-refractivity contribution in [2.75, 3.05) is 25.1 Å². The number of ether oxygens (including phenoxy) is 1. The van der Waals surface area contributed by atoms with E-state index in [4.69, 9.17) is 16.3 Å². The van der Waals surface area contributed by atoms with Gasteiger partial charge in [-0.25, -0.2) is 0 Å². The number of hydrogen-bond donors (Lipinski definition) is 1. The number of hydrogen-bond acceptors (Lipinski definition) is 2. The standard InChI is InChI=1S/C12H13ClF3NO/c1-11(6-18-7-11)5-17-10-4-8(12(14,15)16)2-3-9(10)13/h2-4,17H,5-7H2,1H3. The molecular formula is C12H13ClF3NO. The minimum absolute atomic E-state index is 0.0302. The van der Waals surface area contributed by atoms with Crippen LogP contribution in [0.4, 0.5) is 18.9 Å². The van der Waals surface area contributed by atoms with E-state index in [-0.39, 0.29) is 10.4 Å². The van der Waals surface area contributed by atoms with E-state index >= 15 is 0 Å². The van der Waals surface area contributed by atoms with Gasteiger partial charge in [-0.1, -0.05) is 18.5 Å². The normalized spacial score (nSPS) is 18.3. The van der Waals surface area contributed by atoms with Crippen molar-refractivity contribution < 1.29 is 17.9 Å². The SMILES string of the molecule is CC1(CNc2cc(C(F)(F)F)ccc2Cl)COC1. The lowest BCUT2D eigenvalue weighted by molar-refractivity contribution is -0.137. The lowest BCUT2D eigenvalue weighted by atomic mass is 9.88. The third-order valence-electron chi connectivity index (χ3n) is 2.90. The van der Waals surface area contributed by atoms with Crippen LogP contribution >= 0.6 is 11.6 Å². The van der Waals surface area contributed by atoms with Gasteiger partial charge in [0, 0.05) is 12.0 Å². The molecule has 0 amide bonds. The molecule has 6 heteroatoms. The highest BCUT2D eigenvalue weighted by Gasteiger charge is 2.34. The average molecular weight is 280 g/mol. The third-order valence-corrected chi connectivity index (χ3v) is 3.23. The third kappa shape index (κ3) is 2.90. The van der Waals surface area contributed by atoms with Crippen molar-refractivity contribution in [3.8, 4) is 0 Å². The van der Waals surface area contributed by atoms with Crippen LogP contribution < -0.4 is 5.32 Å². The van der Waals surface area contributed by atoms with Crippen molar-refractivity contribution in [3.63, 3.8) is 0 Å². The van der Waals surface area contributed by atoms with Crippen LogP contribution in [0.1, 0.15) is 12.5 Å². The molecule has 100 valence electrons. The van der Waals surface area contributed by atoms with Gasteiger partial charge in [0.15, 0.2) is 0 Å². The molecule has 1 aliphatic heterocycles. The van der Waals surface area contributed by atoms with Gasteiger partial charge in [-0.05, 0) is 18.2 Å². The van der Waals surface area contributed by atoms with E-state index in [2.05, 4.69) is 5.32 Å². The molecule has 1 saturated heterocycles. The number of nitrogens with one attached hydrogen (secondary N) is 1. The van der Waals surface area contributed by atoms with Crippen molar-refractivity contribution in [2.45, 2.75) is 13.1 Å². The molecule has 1 aromatic rings. The van der Waals surface area contributed by atoms with Crippen molar-refractivity contribution in [3.05, 3.63) is 28.8 Å². The van der Waals surface area contributed by atoms with Gasteiger partial charge in [0.1, 0.15) is 0 Å². The molecule has 0 spiro atoms. The Morgan fingerprint density at radius 3 is 2.56 bits per heavy atom. The van der Waals surface area contributed by atoms with Crippen LogP contribution in [-0.4, -0.2) is 19.8 Å². The van der Waals surface area contributed by atoms with Crippen molar-refractivity contribution in [1.82, 2.24) is 0 Å². The summed E-state index contributed by atoms with van der Waals surface area (Å²) in [5.41, 5.74) is -0.429. The van der Waals surface area contributed by atoms with Gasteiger partial charge in [-0.15, -0.1) is 0 Å². The van der Waals surface area contributed by atoms with Crippen LogP contribution in [-0.2, 0) is 10.9 Å². The summed E-state index contributed by atoms with van der Waals surface area (Å²) in [5.74, 6) is 0. The number of benzene rings is 1. The summed E-state index contributed by atoms with van der Waals surface area (Å²) in [5, 5.41) is 3.24. The summed E-state index contributed by atoms with van der Waals surface area (Å²) in [7, 11) is 0. The summed E-state index contributed by atoms with van der Waals surface area (Å²) in [6.45, 7) is 3.76. The van der Waals surface area contributed by atoms with Crippen LogP contribution in [0.3, 0.4) is 0 Å². The highest BCUT2D eigenvalue weighted by atomic mass is 35.5. The van der Waals surface area contributed by atoms with Gasteiger partial charge in [-0.2, -0.15) is 13.2 Å². The molecule has 18 heavy (non-hydrogen) atoms. The first kappa shape index (κ1) is 13.5. The molecule has 0 aromatic heterocycles. The quantitative estimate of drug-likeness (QED) is 0.908. The molecule has 0 unspecified atom stereocenters. The van der Waals surface area contributed by atoms with Crippen molar-refractivity contribution in [2.24, 2.45) is 5.41 Å². The fraction of sp³-hybridized carbons (Fsp3) is 0.500. The minimum atomic E-state index is -4.36. The number of rotatable bonds is 3. The van der Waals surface area contributed by atoms with E-state index in [9.17, 15) is 13.2 Å². The highest BCUT2D eigenvalue weighted by molar-refractivity contribution is 6.33. The Morgan fingerprint density at radius 1 is 1.39 bits per heavy atom. The zero-order valence-electron chi connectivity index (χ0n) is 9.77. The predicted octanol–water partition coefficient (Wildman–Crippen LogP) is 3.81. The molecule has 1 heterocycles. The van der Waals surface area contributed by atoms with Crippen LogP contribution in [0.15, 0.2) is 18.2 Å². The van der Waals surface area contributed by atoms with E-state index in [1.165, 1.54) is 6.07 Å². The summed E-state index contributed by atoms with van der Waals surface area (Å²) in [6.07, 6.45) is -4.36.